The van der Waals surface area contributed by atoms with Gasteiger partial charge in [-0.05, 0) is 49.6 Å². The first-order valence-corrected chi connectivity index (χ1v) is 11.0. The number of rotatable bonds is 9. The quantitative estimate of drug-likeness (QED) is 0.469. The van der Waals surface area contributed by atoms with Crippen LogP contribution in [0.4, 0.5) is 0 Å². The number of carbonyl (C=O) groups is 2. The molecule has 5 heteroatoms. The molecule has 0 bridgehead atoms. The van der Waals surface area contributed by atoms with Crippen LogP contribution in [0.15, 0.2) is 66.7 Å². The minimum Gasteiger partial charge on any atom is -0.489 e. The predicted octanol–water partition coefficient (Wildman–Crippen LogP) is 5.47. The number of aryl methyl sites for hydroxylation is 1. The second-order valence-corrected chi connectivity index (χ2v) is 8.73. The SMILES string of the molecule is CC(CCc1ccccc1)Oc1c(C(=O)NC(C)(C(=O)O)C(C)C)ccc2ccccc12. The molecule has 0 spiro atoms. The van der Waals surface area contributed by atoms with Gasteiger partial charge >= 0.3 is 5.97 Å². The second kappa shape index (κ2) is 9.86. The average molecular weight is 434 g/mol. The molecular weight excluding hydrogens is 402 g/mol. The van der Waals surface area contributed by atoms with Crippen LogP contribution in [0.25, 0.3) is 10.8 Å². The number of amides is 1. The standard InChI is InChI=1S/C27H31NO4/c1-18(2)27(4,26(30)31)28-25(29)23-17-16-21-12-8-9-13-22(21)24(23)32-19(3)14-15-20-10-6-5-7-11-20/h5-13,16-19H,14-15H2,1-4H3,(H,28,29)(H,30,31). The third kappa shape index (κ3) is 5.10. The van der Waals surface area contributed by atoms with Gasteiger partial charge in [0.25, 0.3) is 5.91 Å². The van der Waals surface area contributed by atoms with E-state index in [1.54, 1.807) is 19.9 Å². The number of carboxylic acid groups (broad SMARTS) is 1. The molecule has 0 saturated heterocycles. The molecule has 2 atom stereocenters. The molecule has 0 aliphatic rings. The van der Waals surface area contributed by atoms with Crippen LogP contribution in [0.5, 0.6) is 5.75 Å². The zero-order chi connectivity index (χ0) is 23.3. The molecule has 5 nitrogen and oxygen atoms in total. The summed E-state index contributed by atoms with van der Waals surface area (Å²) in [7, 11) is 0. The first-order chi connectivity index (χ1) is 15.2. The fraction of sp³-hybridized carbons (Fsp3) is 0.333. The molecule has 0 aliphatic heterocycles. The summed E-state index contributed by atoms with van der Waals surface area (Å²) in [6, 6.07) is 21.5. The summed E-state index contributed by atoms with van der Waals surface area (Å²) in [4.78, 5) is 25.1. The molecule has 0 aromatic heterocycles. The highest BCUT2D eigenvalue weighted by atomic mass is 16.5. The number of aliphatic carboxylic acids is 1. The lowest BCUT2D eigenvalue weighted by Crippen LogP contribution is -2.55. The molecule has 3 rings (SSSR count). The Balaban J connectivity index is 1.90. The van der Waals surface area contributed by atoms with Crippen LogP contribution < -0.4 is 10.1 Å². The van der Waals surface area contributed by atoms with E-state index in [-0.39, 0.29) is 12.0 Å². The molecule has 0 heterocycles. The van der Waals surface area contributed by atoms with Gasteiger partial charge in [-0.3, -0.25) is 4.79 Å². The van der Waals surface area contributed by atoms with Crippen molar-refractivity contribution < 1.29 is 19.4 Å². The first kappa shape index (κ1) is 23.3. The van der Waals surface area contributed by atoms with Gasteiger partial charge in [0.2, 0.25) is 0 Å². The monoisotopic (exact) mass is 433 g/mol. The van der Waals surface area contributed by atoms with Crippen molar-refractivity contribution in [2.75, 3.05) is 0 Å². The van der Waals surface area contributed by atoms with E-state index in [0.717, 1.165) is 23.6 Å². The summed E-state index contributed by atoms with van der Waals surface area (Å²) in [6.45, 7) is 7.07. The van der Waals surface area contributed by atoms with Gasteiger partial charge in [-0.2, -0.15) is 0 Å². The smallest absolute Gasteiger partial charge is 0.329 e. The predicted molar refractivity (Wildman–Crippen MR) is 127 cm³/mol. The van der Waals surface area contributed by atoms with Gasteiger partial charge in [-0.1, -0.05) is 74.5 Å². The van der Waals surface area contributed by atoms with Crippen molar-refractivity contribution in [1.29, 1.82) is 0 Å². The van der Waals surface area contributed by atoms with Crippen LogP contribution in [-0.2, 0) is 11.2 Å². The highest BCUT2D eigenvalue weighted by molar-refractivity contribution is 6.05. The Kier molecular flexibility index (Phi) is 7.18. The Morgan fingerprint density at radius 3 is 2.28 bits per heavy atom. The van der Waals surface area contributed by atoms with Crippen molar-refractivity contribution in [2.45, 2.75) is 52.2 Å². The molecule has 0 aliphatic carbocycles. The summed E-state index contributed by atoms with van der Waals surface area (Å²) in [6.07, 6.45) is 1.51. The molecule has 0 radical (unpaired) electrons. The van der Waals surface area contributed by atoms with E-state index in [2.05, 4.69) is 17.4 Å². The summed E-state index contributed by atoms with van der Waals surface area (Å²) in [5.74, 6) is -1.34. The van der Waals surface area contributed by atoms with Crippen LogP contribution in [0, 0.1) is 5.92 Å². The number of fused-ring (bicyclic) bond motifs is 1. The molecule has 3 aromatic rings. The van der Waals surface area contributed by atoms with Gasteiger partial charge in [0.05, 0.1) is 11.7 Å². The van der Waals surface area contributed by atoms with E-state index in [9.17, 15) is 14.7 Å². The number of benzene rings is 3. The third-order valence-corrected chi connectivity index (χ3v) is 6.10. The van der Waals surface area contributed by atoms with Crippen LogP contribution in [-0.4, -0.2) is 28.6 Å². The summed E-state index contributed by atoms with van der Waals surface area (Å²) >= 11 is 0. The Hall–Kier alpha value is -3.34. The number of carbonyl (C=O) groups excluding carboxylic acids is 1. The molecule has 2 unspecified atom stereocenters. The average Bonchev–Trinajstić information content (AvgIpc) is 2.78. The minimum absolute atomic E-state index is 0.136. The van der Waals surface area contributed by atoms with Crippen LogP contribution in [0.1, 0.15) is 50.0 Å². The van der Waals surface area contributed by atoms with Crippen molar-refractivity contribution in [3.8, 4) is 5.75 Å². The lowest BCUT2D eigenvalue weighted by molar-refractivity contribution is -0.145. The normalized spacial score (nSPS) is 14.0. The number of hydrogen-bond acceptors (Lipinski definition) is 3. The highest BCUT2D eigenvalue weighted by Gasteiger charge is 2.39. The van der Waals surface area contributed by atoms with Gasteiger partial charge in [-0.15, -0.1) is 0 Å². The number of ether oxygens (including phenoxy) is 1. The lowest BCUT2D eigenvalue weighted by atomic mass is 9.88. The summed E-state index contributed by atoms with van der Waals surface area (Å²) in [5, 5.41) is 14.2. The largest absolute Gasteiger partial charge is 0.489 e. The molecule has 168 valence electrons. The van der Waals surface area contributed by atoms with E-state index in [0.29, 0.717) is 11.3 Å². The fourth-order valence-corrected chi connectivity index (χ4v) is 3.57. The van der Waals surface area contributed by atoms with Crippen molar-refractivity contribution >= 4 is 22.6 Å². The van der Waals surface area contributed by atoms with E-state index in [4.69, 9.17) is 4.74 Å². The van der Waals surface area contributed by atoms with Crippen molar-refractivity contribution in [1.82, 2.24) is 5.32 Å². The fourth-order valence-electron chi connectivity index (χ4n) is 3.57. The van der Waals surface area contributed by atoms with Crippen molar-refractivity contribution in [3.63, 3.8) is 0 Å². The number of nitrogens with one attached hydrogen (secondary N) is 1. The maximum absolute atomic E-state index is 13.2. The van der Waals surface area contributed by atoms with Gasteiger partial charge in [0.15, 0.2) is 0 Å². The van der Waals surface area contributed by atoms with E-state index in [1.807, 2.05) is 55.5 Å². The molecular formula is C27H31NO4. The molecule has 2 N–H and O–H groups in total. The number of carboxylic acids is 1. The zero-order valence-electron chi connectivity index (χ0n) is 19.1. The Bertz CT molecular complexity index is 1090. The third-order valence-electron chi connectivity index (χ3n) is 6.10. The Labute approximate surface area is 189 Å². The first-order valence-electron chi connectivity index (χ1n) is 11.0. The molecule has 0 saturated carbocycles. The second-order valence-electron chi connectivity index (χ2n) is 8.73. The molecule has 32 heavy (non-hydrogen) atoms. The Morgan fingerprint density at radius 1 is 0.969 bits per heavy atom. The molecule has 0 fully saturated rings. The van der Waals surface area contributed by atoms with Gasteiger partial charge in [-0.25, -0.2) is 4.79 Å². The van der Waals surface area contributed by atoms with Gasteiger partial charge in [0, 0.05) is 5.39 Å². The van der Waals surface area contributed by atoms with Crippen molar-refractivity contribution in [3.05, 3.63) is 77.9 Å². The van der Waals surface area contributed by atoms with E-state index < -0.39 is 17.4 Å². The van der Waals surface area contributed by atoms with Crippen LogP contribution >= 0.6 is 0 Å². The topological polar surface area (TPSA) is 75.6 Å². The van der Waals surface area contributed by atoms with Crippen LogP contribution in [0.2, 0.25) is 0 Å². The number of hydrogen-bond donors (Lipinski definition) is 2. The summed E-state index contributed by atoms with van der Waals surface area (Å²) < 4.78 is 6.33. The zero-order valence-corrected chi connectivity index (χ0v) is 19.1. The molecule has 3 aromatic carbocycles. The van der Waals surface area contributed by atoms with Gasteiger partial charge in [0.1, 0.15) is 11.3 Å². The highest BCUT2D eigenvalue weighted by Crippen LogP contribution is 2.32. The lowest BCUT2D eigenvalue weighted by Gasteiger charge is -2.30. The summed E-state index contributed by atoms with van der Waals surface area (Å²) in [5.41, 5.74) is 0.176. The Morgan fingerprint density at radius 2 is 1.62 bits per heavy atom. The minimum atomic E-state index is -1.39. The van der Waals surface area contributed by atoms with Crippen molar-refractivity contribution in [2.24, 2.45) is 5.92 Å². The van der Waals surface area contributed by atoms with Gasteiger partial charge < -0.3 is 15.2 Å². The van der Waals surface area contributed by atoms with Crippen LogP contribution in [0.3, 0.4) is 0 Å². The van der Waals surface area contributed by atoms with E-state index >= 15 is 0 Å². The maximum atomic E-state index is 13.2. The van der Waals surface area contributed by atoms with E-state index in [1.165, 1.54) is 12.5 Å². The maximum Gasteiger partial charge on any atom is 0.329 e. The molecule has 1 amide bonds.